The molecule has 1 atom stereocenters. The fourth-order valence-corrected chi connectivity index (χ4v) is 4.43. The van der Waals surface area contributed by atoms with Crippen molar-refractivity contribution in [3.05, 3.63) is 88.2 Å². The fraction of sp³-hybridized carbons (Fsp3) is 0.154. The maximum absolute atomic E-state index is 13.7. The van der Waals surface area contributed by atoms with Crippen LogP contribution in [0.15, 0.2) is 74.8 Å². The van der Waals surface area contributed by atoms with Crippen molar-refractivity contribution < 1.29 is 33.0 Å². The van der Waals surface area contributed by atoms with Crippen molar-refractivity contribution >= 4 is 39.9 Å². The van der Waals surface area contributed by atoms with E-state index < -0.39 is 23.5 Å². The molecule has 3 heterocycles. The number of aliphatic hydroxyl groups is 1. The van der Waals surface area contributed by atoms with Crippen molar-refractivity contribution in [3.8, 4) is 11.5 Å². The highest BCUT2D eigenvalue weighted by molar-refractivity contribution is 6.31. The second-order valence-electron chi connectivity index (χ2n) is 7.96. The number of halogens is 1. The molecular weight excluding hydrogens is 474 g/mol. The van der Waals surface area contributed by atoms with Crippen LogP contribution in [-0.4, -0.2) is 31.0 Å². The third kappa shape index (κ3) is 3.72. The number of amides is 1. The number of hydrogen-bond donors (Lipinski definition) is 1. The lowest BCUT2D eigenvalue weighted by Gasteiger charge is -2.25. The Bertz CT molecular complexity index is 1510. The quantitative estimate of drug-likeness (QED) is 0.339. The van der Waals surface area contributed by atoms with Crippen molar-refractivity contribution in [1.29, 1.82) is 0 Å². The first-order valence-electron chi connectivity index (χ1n) is 10.6. The van der Waals surface area contributed by atoms with E-state index in [0.29, 0.717) is 44.7 Å². The molecule has 1 N–H and O–H groups in total. The van der Waals surface area contributed by atoms with Crippen molar-refractivity contribution in [3.63, 3.8) is 0 Å². The Morgan fingerprint density at radius 3 is 2.54 bits per heavy atom. The van der Waals surface area contributed by atoms with Crippen molar-refractivity contribution in [2.75, 3.05) is 19.1 Å². The number of rotatable bonds is 6. The molecule has 0 spiro atoms. The Morgan fingerprint density at radius 1 is 1.06 bits per heavy atom. The van der Waals surface area contributed by atoms with E-state index in [1.54, 1.807) is 55.5 Å². The van der Waals surface area contributed by atoms with Crippen molar-refractivity contribution in [1.82, 2.24) is 0 Å². The molecule has 8 nitrogen and oxygen atoms in total. The number of carbonyl (C=O) groups is 2. The van der Waals surface area contributed by atoms with Gasteiger partial charge in [0, 0.05) is 28.2 Å². The van der Waals surface area contributed by atoms with Crippen molar-refractivity contribution in [2.45, 2.75) is 13.0 Å². The SMILES string of the molecule is COc1cccc(N2C(=O)C(O)=C(C(=O)c3cc4cc(Cl)cc(OC)c4o3)C2c2ccc(C)o2)c1. The topological polar surface area (TPSA) is 102 Å². The van der Waals surface area contributed by atoms with Crippen LogP contribution in [0, 0.1) is 6.92 Å². The smallest absolute Gasteiger partial charge is 0.294 e. The molecule has 2 aromatic carbocycles. The number of methoxy groups -OCH3 is 2. The van der Waals surface area contributed by atoms with Gasteiger partial charge in [-0.2, -0.15) is 0 Å². The highest BCUT2D eigenvalue weighted by Gasteiger charge is 2.47. The minimum atomic E-state index is -1.03. The van der Waals surface area contributed by atoms with Crippen LogP contribution in [0.25, 0.3) is 11.0 Å². The van der Waals surface area contributed by atoms with E-state index in [4.69, 9.17) is 29.9 Å². The second-order valence-corrected chi connectivity index (χ2v) is 8.39. The van der Waals surface area contributed by atoms with E-state index >= 15 is 0 Å². The Morgan fingerprint density at radius 2 is 1.86 bits per heavy atom. The van der Waals surface area contributed by atoms with E-state index in [-0.39, 0.29) is 11.3 Å². The highest BCUT2D eigenvalue weighted by atomic mass is 35.5. The highest BCUT2D eigenvalue weighted by Crippen LogP contribution is 2.44. The minimum absolute atomic E-state index is 0.0873. The predicted octanol–water partition coefficient (Wildman–Crippen LogP) is 5.79. The van der Waals surface area contributed by atoms with Gasteiger partial charge in [0.2, 0.25) is 5.78 Å². The fourth-order valence-electron chi connectivity index (χ4n) is 4.22. The maximum Gasteiger partial charge on any atom is 0.294 e. The van der Waals surface area contributed by atoms with Gasteiger partial charge in [-0.25, -0.2) is 0 Å². The molecule has 1 aliphatic heterocycles. The molecule has 0 aliphatic carbocycles. The molecule has 5 rings (SSSR count). The van der Waals surface area contributed by atoms with Gasteiger partial charge in [-0.05, 0) is 43.3 Å². The molecule has 1 aliphatic rings. The number of furan rings is 2. The summed E-state index contributed by atoms with van der Waals surface area (Å²) in [4.78, 5) is 28.3. The Labute approximate surface area is 204 Å². The lowest BCUT2D eigenvalue weighted by atomic mass is 9.99. The van der Waals surface area contributed by atoms with Gasteiger partial charge < -0.3 is 23.4 Å². The van der Waals surface area contributed by atoms with Crippen LogP contribution in [0.5, 0.6) is 11.5 Å². The normalized spacial score (nSPS) is 15.8. The number of anilines is 1. The molecule has 4 aromatic rings. The number of hydrogen-bond acceptors (Lipinski definition) is 7. The summed E-state index contributed by atoms with van der Waals surface area (Å²) in [5.74, 6) is -0.458. The standard InChI is InChI=1S/C26H20ClNO7/c1-13-7-8-18(34-13)22-21(24(30)26(31)28(22)16-5-4-6-17(12-16)32-2)23(29)19-10-14-9-15(27)11-20(33-3)25(14)35-19/h4-12,22,30H,1-3H3. The van der Waals surface area contributed by atoms with E-state index in [9.17, 15) is 14.7 Å². The molecule has 0 fully saturated rings. The molecule has 1 unspecified atom stereocenters. The molecule has 0 bridgehead atoms. The maximum atomic E-state index is 13.7. The van der Waals surface area contributed by atoms with E-state index in [1.165, 1.54) is 25.2 Å². The summed E-state index contributed by atoms with van der Waals surface area (Å²) in [6.07, 6.45) is 0. The monoisotopic (exact) mass is 493 g/mol. The summed E-state index contributed by atoms with van der Waals surface area (Å²) in [6.45, 7) is 1.75. The third-order valence-electron chi connectivity index (χ3n) is 5.81. The van der Waals surface area contributed by atoms with E-state index in [0.717, 1.165) is 0 Å². The Hall–Kier alpha value is -4.17. The largest absolute Gasteiger partial charge is 0.503 e. The van der Waals surface area contributed by atoms with Crippen LogP contribution in [0.1, 0.15) is 28.1 Å². The number of Topliss-reactive ketones (excluding diaryl/α,β-unsaturated/α-hetero) is 1. The Balaban J connectivity index is 1.66. The first-order chi connectivity index (χ1) is 16.8. The summed E-state index contributed by atoms with van der Waals surface area (Å²) in [5.41, 5.74) is 0.566. The summed E-state index contributed by atoms with van der Waals surface area (Å²) in [7, 11) is 2.96. The van der Waals surface area contributed by atoms with Crippen LogP contribution in [0.4, 0.5) is 5.69 Å². The summed E-state index contributed by atoms with van der Waals surface area (Å²) in [6, 6.07) is 13.8. The number of nitrogens with zero attached hydrogens (tertiary/aromatic N) is 1. The molecule has 178 valence electrons. The lowest BCUT2D eigenvalue weighted by molar-refractivity contribution is -0.117. The first-order valence-corrected chi connectivity index (χ1v) is 11.0. The first kappa shape index (κ1) is 22.6. The van der Waals surface area contributed by atoms with Gasteiger partial charge in [0.25, 0.3) is 5.91 Å². The van der Waals surface area contributed by atoms with Crippen LogP contribution in [0.3, 0.4) is 0 Å². The van der Waals surface area contributed by atoms with Crippen molar-refractivity contribution in [2.24, 2.45) is 0 Å². The van der Waals surface area contributed by atoms with Crippen LogP contribution >= 0.6 is 11.6 Å². The average Bonchev–Trinajstić information content (AvgIpc) is 3.54. The summed E-state index contributed by atoms with van der Waals surface area (Å²) < 4.78 is 22.2. The minimum Gasteiger partial charge on any atom is -0.503 e. The second kappa shape index (κ2) is 8.56. The third-order valence-corrected chi connectivity index (χ3v) is 6.02. The number of aliphatic hydroxyl groups excluding tert-OH is 1. The molecule has 0 saturated heterocycles. The zero-order chi connectivity index (χ0) is 24.9. The Kier molecular flexibility index (Phi) is 5.53. The number of aryl methyl sites for hydroxylation is 1. The van der Waals surface area contributed by atoms with Gasteiger partial charge in [-0.1, -0.05) is 17.7 Å². The molecule has 2 aromatic heterocycles. The number of carbonyl (C=O) groups excluding carboxylic acids is 2. The zero-order valence-electron chi connectivity index (χ0n) is 19.0. The summed E-state index contributed by atoms with van der Waals surface area (Å²) >= 11 is 6.15. The van der Waals surface area contributed by atoms with Crippen LogP contribution in [0.2, 0.25) is 5.02 Å². The predicted molar refractivity (Wildman–Crippen MR) is 128 cm³/mol. The van der Waals surface area contributed by atoms with E-state index in [1.807, 2.05) is 0 Å². The molecule has 0 saturated carbocycles. The van der Waals surface area contributed by atoms with Gasteiger partial charge >= 0.3 is 0 Å². The number of fused-ring (bicyclic) bond motifs is 1. The molecule has 1 amide bonds. The zero-order valence-corrected chi connectivity index (χ0v) is 19.8. The molecule has 0 radical (unpaired) electrons. The molecular formula is C26H20ClNO7. The number of ether oxygens (including phenoxy) is 2. The lowest BCUT2D eigenvalue weighted by Crippen LogP contribution is -2.30. The average molecular weight is 494 g/mol. The number of ketones is 1. The molecule has 9 heteroatoms. The summed E-state index contributed by atoms with van der Waals surface area (Å²) in [5, 5.41) is 11.9. The number of benzene rings is 2. The van der Waals surface area contributed by atoms with Crippen LogP contribution < -0.4 is 14.4 Å². The van der Waals surface area contributed by atoms with Gasteiger partial charge in [-0.3, -0.25) is 14.5 Å². The van der Waals surface area contributed by atoms with Crippen LogP contribution in [-0.2, 0) is 4.79 Å². The van der Waals surface area contributed by atoms with Gasteiger partial charge in [0.1, 0.15) is 23.3 Å². The van der Waals surface area contributed by atoms with Gasteiger partial charge in [0.15, 0.2) is 22.9 Å². The van der Waals surface area contributed by atoms with Gasteiger partial charge in [0.05, 0.1) is 19.8 Å². The van der Waals surface area contributed by atoms with E-state index in [2.05, 4.69) is 0 Å². The molecule has 35 heavy (non-hydrogen) atoms. The van der Waals surface area contributed by atoms with Gasteiger partial charge in [-0.15, -0.1) is 0 Å².